The average Bonchev–Trinajstić information content (AvgIpc) is 3.14. The molecule has 2 aromatic carbocycles. The van der Waals surface area contributed by atoms with E-state index in [2.05, 4.69) is 53.3 Å². The molecule has 0 amide bonds. The Labute approximate surface area is 152 Å². The maximum Gasteiger partial charge on any atom is 0.215 e. The molecule has 4 heteroatoms. The van der Waals surface area contributed by atoms with Crippen LogP contribution in [-0.4, -0.2) is 15.7 Å². The fraction of sp³-hybridized carbons (Fsp3) is 0.182. The van der Waals surface area contributed by atoms with Crippen LogP contribution < -0.4 is 4.74 Å². The molecule has 0 radical (unpaired) electrons. The first kappa shape index (κ1) is 15.1. The summed E-state index contributed by atoms with van der Waals surface area (Å²) in [5, 5.41) is 7.06. The lowest BCUT2D eigenvalue weighted by molar-refractivity contribution is -0.0192. The number of para-hydroxylation sites is 1. The molecule has 26 heavy (non-hydrogen) atoms. The van der Waals surface area contributed by atoms with Crippen molar-refractivity contribution >= 4 is 5.71 Å². The first-order valence-corrected chi connectivity index (χ1v) is 8.88. The van der Waals surface area contributed by atoms with Gasteiger partial charge >= 0.3 is 0 Å². The number of rotatable bonds is 2. The molecule has 3 heterocycles. The lowest BCUT2D eigenvalue weighted by Crippen LogP contribution is -2.33. The SMILES string of the molecule is Cc1ccc(C2=NN3[C@@H](c4cccnc4)Oc4ccccc4[C@@H]3C2)cc1. The zero-order valence-electron chi connectivity index (χ0n) is 14.5. The number of hydrogen-bond acceptors (Lipinski definition) is 4. The highest BCUT2D eigenvalue weighted by Crippen LogP contribution is 2.47. The summed E-state index contributed by atoms with van der Waals surface area (Å²) in [5.74, 6) is 0.933. The topological polar surface area (TPSA) is 37.7 Å². The summed E-state index contributed by atoms with van der Waals surface area (Å²) in [6, 6.07) is 21.0. The quantitative estimate of drug-likeness (QED) is 0.682. The van der Waals surface area contributed by atoms with Crippen molar-refractivity contribution in [1.29, 1.82) is 0 Å². The third-order valence-corrected chi connectivity index (χ3v) is 5.05. The standard InChI is InChI=1S/C22H19N3O/c1-15-8-10-16(11-9-15)19-13-20-18-6-2-3-7-21(18)26-22(25(20)24-19)17-5-4-12-23-14-17/h2-12,14,20,22H,13H2,1H3/t20-,22+/m0/s1. The Hall–Kier alpha value is -3.14. The molecule has 128 valence electrons. The van der Waals surface area contributed by atoms with Gasteiger partial charge in [0, 0.05) is 29.9 Å². The number of aromatic nitrogens is 1. The Kier molecular flexibility index (Phi) is 3.49. The Morgan fingerprint density at radius 3 is 2.65 bits per heavy atom. The summed E-state index contributed by atoms with van der Waals surface area (Å²) in [5.41, 5.74) is 5.74. The van der Waals surface area contributed by atoms with Gasteiger partial charge in [-0.2, -0.15) is 5.10 Å². The van der Waals surface area contributed by atoms with E-state index in [9.17, 15) is 0 Å². The highest BCUT2D eigenvalue weighted by Gasteiger charge is 2.40. The average molecular weight is 341 g/mol. The monoisotopic (exact) mass is 341 g/mol. The van der Waals surface area contributed by atoms with Crippen molar-refractivity contribution in [3.05, 3.63) is 95.3 Å². The molecule has 2 aliphatic rings. The van der Waals surface area contributed by atoms with Crippen LogP contribution in [0.1, 0.15) is 40.9 Å². The van der Waals surface area contributed by atoms with E-state index in [0.29, 0.717) is 0 Å². The van der Waals surface area contributed by atoms with Gasteiger partial charge in [-0.3, -0.25) is 4.98 Å². The van der Waals surface area contributed by atoms with Gasteiger partial charge in [0.05, 0.1) is 11.8 Å². The van der Waals surface area contributed by atoms with Gasteiger partial charge in [-0.1, -0.05) is 54.1 Å². The second-order valence-corrected chi connectivity index (χ2v) is 6.81. The molecule has 1 aromatic heterocycles. The van der Waals surface area contributed by atoms with Crippen molar-refractivity contribution in [3.8, 4) is 5.75 Å². The molecule has 0 saturated heterocycles. The third-order valence-electron chi connectivity index (χ3n) is 5.05. The first-order valence-electron chi connectivity index (χ1n) is 8.88. The van der Waals surface area contributed by atoms with Crippen LogP contribution in [0.25, 0.3) is 0 Å². The molecule has 0 aliphatic carbocycles. The molecule has 0 N–H and O–H groups in total. The van der Waals surface area contributed by atoms with Gasteiger partial charge in [0.1, 0.15) is 5.75 Å². The van der Waals surface area contributed by atoms with E-state index in [0.717, 1.165) is 23.4 Å². The van der Waals surface area contributed by atoms with Gasteiger partial charge in [0.15, 0.2) is 0 Å². The van der Waals surface area contributed by atoms with Crippen molar-refractivity contribution in [2.45, 2.75) is 25.6 Å². The van der Waals surface area contributed by atoms with Gasteiger partial charge in [-0.05, 0) is 24.6 Å². The molecular formula is C22H19N3O. The van der Waals surface area contributed by atoms with E-state index in [1.54, 1.807) is 6.20 Å². The maximum atomic E-state index is 6.31. The number of ether oxygens (including phenoxy) is 1. The maximum absolute atomic E-state index is 6.31. The molecule has 0 unspecified atom stereocenters. The molecular weight excluding hydrogens is 322 g/mol. The molecule has 2 aliphatic heterocycles. The normalized spacial score (nSPS) is 20.8. The van der Waals surface area contributed by atoms with E-state index in [1.807, 2.05) is 30.5 Å². The molecule has 3 aromatic rings. The van der Waals surface area contributed by atoms with E-state index < -0.39 is 0 Å². The molecule has 0 saturated carbocycles. The summed E-state index contributed by atoms with van der Waals surface area (Å²) in [7, 11) is 0. The van der Waals surface area contributed by atoms with E-state index in [4.69, 9.17) is 9.84 Å². The summed E-state index contributed by atoms with van der Waals surface area (Å²) in [4.78, 5) is 4.26. The zero-order chi connectivity index (χ0) is 17.5. The molecule has 5 rings (SSSR count). The minimum Gasteiger partial charge on any atom is -0.464 e. The Balaban J connectivity index is 1.59. The number of benzene rings is 2. The first-order chi connectivity index (χ1) is 12.8. The predicted octanol–water partition coefficient (Wildman–Crippen LogP) is 4.63. The van der Waals surface area contributed by atoms with Crippen LogP contribution in [0, 0.1) is 6.92 Å². The predicted molar refractivity (Wildman–Crippen MR) is 101 cm³/mol. The van der Waals surface area contributed by atoms with E-state index in [1.165, 1.54) is 16.7 Å². The zero-order valence-corrected chi connectivity index (χ0v) is 14.5. The Morgan fingerprint density at radius 2 is 1.85 bits per heavy atom. The van der Waals surface area contributed by atoms with Crippen molar-refractivity contribution in [2.75, 3.05) is 0 Å². The summed E-state index contributed by atoms with van der Waals surface area (Å²) >= 11 is 0. The van der Waals surface area contributed by atoms with Crippen molar-refractivity contribution in [2.24, 2.45) is 5.10 Å². The van der Waals surface area contributed by atoms with Gasteiger partial charge in [-0.15, -0.1) is 0 Å². The lowest BCUT2D eigenvalue weighted by atomic mass is 9.96. The van der Waals surface area contributed by atoms with Crippen LogP contribution in [0.15, 0.2) is 78.2 Å². The fourth-order valence-corrected chi connectivity index (χ4v) is 3.70. The minimum absolute atomic E-state index is 0.182. The van der Waals surface area contributed by atoms with Crippen LogP contribution in [0.5, 0.6) is 5.75 Å². The van der Waals surface area contributed by atoms with Gasteiger partial charge < -0.3 is 4.74 Å². The fourth-order valence-electron chi connectivity index (χ4n) is 3.70. The minimum atomic E-state index is -0.258. The number of hydrazone groups is 1. The van der Waals surface area contributed by atoms with Crippen molar-refractivity contribution < 1.29 is 4.74 Å². The van der Waals surface area contributed by atoms with Gasteiger partial charge in [0.25, 0.3) is 0 Å². The van der Waals surface area contributed by atoms with Crippen molar-refractivity contribution in [1.82, 2.24) is 9.99 Å². The number of nitrogens with zero attached hydrogens (tertiary/aromatic N) is 3. The van der Waals surface area contributed by atoms with E-state index >= 15 is 0 Å². The molecule has 0 bridgehead atoms. The number of aryl methyl sites for hydroxylation is 1. The summed E-state index contributed by atoms with van der Waals surface area (Å²) < 4.78 is 6.31. The molecule has 0 fully saturated rings. The third kappa shape index (κ3) is 2.46. The summed E-state index contributed by atoms with van der Waals surface area (Å²) in [6.45, 7) is 2.10. The smallest absolute Gasteiger partial charge is 0.215 e. The van der Waals surface area contributed by atoms with Crippen LogP contribution in [-0.2, 0) is 0 Å². The lowest BCUT2D eigenvalue weighted by Gasteiger charge is -2.38. The largest absolute Gasteiger partial charge is 0.464 e. The van der Waals surface area contributed by atoms with Crippen molar-refractivity contribution in [3.63, 3.8) is 0 Å². The second-order valence-electron chi connectivity index (χ2n) is 6.81. The summed E-state index contributed by atoms with van der Waals surface area (Å²) in [6.07, 6.45) is 4.25. The van der Waals surface area contributed by atoms with Gasteiger partial charge in [-0.25, -0.2) is 5.01 Å². The Morgan fingerprint density at radius 1 is 1.00 bits per heavy atom. The number of hydrogen-bond donors (Lipinski definition) is 0. The van der Waals surface area contributed by atoms with Crippen LogP contribution in [0.4, 0.5) is 0 Å². The Bertz CT molecular complexity index is 966. The highest BCUT2D eigenvalue weighted by atomic mass is 16.5. The number of fused-ring (bicyclic) bond motifs is 3. The number of pyridine rings is 1. The van der Waals surface area contributed by atoms with E-state index in [-0.39, 0.29) is 12.3 Å². The second kappa shape index (κ2) is 5.99. The van der Waals surface area contributed by atoms with Gasteiger partial charge in [0.2, 0.25) is 6.23 Å². The molecule has 2 atom stereocenters. The molecule has 0 spiro atoms. The highest BCUT2D eigenvalue weighted by molar-refractivity contribution is 6.02. The van der Waals surface area contributed by atoms with Crippen LogP contribution in [0.2, 0.25) is 0 Å². The van der Waals surface area contributed by atoms with Crippen LogP contribution >= 0.6 is 0 Å². The van der Waals surface area contributed by atoms with Crippen LogP contribution in [0.3, 0.4) is 0 Å². The molecule has 4 nitrogen and oxygen atoms in total.